The van der Waals surface area contributed by atoms with Crippen molar-refractivity contribution in [1.82, 2.24) is 5.32 Å². The lowest BCUT2D eigenvalue weighted by atomic mass is 10.1. The van der Waals surface area contributed by atoms with Crippen LogP contribution in [0.25, 0.3) is 0 Å². The number of anilines is 1. The monoisotopic (exact) mass is 278 g/mol. The third-order valence-electron chi connectivity index (χ3n) is 3.29. The van der Waals surface area contributed by atoms with Crippen molar-refractivity contribution in [2.24, 2.45) is 5.92 Å². The number of hydrogen-bond acceptors (Lipinski definition) is 4. The molecule has 1 heterocycles. The van der Waals surface area contributed by atoms with E-state index in [0.717, 1.165) is 11.4 Å². The van der Waals surface area contributed by atoms with Crippen LogP contribution < -0.4 is 15.0 Å². The van der Waals surface area contributed by atoms with Gasteiger partial charge in [0.2, 0.25) is 11.8 Å². The van der Waals surface area contributed by atoms with Crippen LogP contribution in [0.4, 0.5) is 5.69 Å². The molecule has 2 amide bonds. The van der Waals surface area contributed by atoms with Gasteiger partial charge in [0.05, 0.1) is 19.6 Å². The van der Waals surface area contributed by atoms with Crippen LogP contribution in [0.3, 0.4) is 0 Å². The molecule has 1 aromatic rings. The number of carbonyl (C=O) groups is 2. The van der Waals surface area contributed by atoms with Crippen molar-refractivity contribution in [3.05, 3.63) is 24.3 Å². The van der Waals surface area contributed by atoms with Crippen molar-refractivity contribution in [1.29, 1.82) is 0 Å². The molecule has 1 unspecified atom stereocenters. The third kappa shape index (κ3) is 3.08. The molecule has 0 radical (unpaired) electrons. The maximum atomic E-state index is 12.0. The van der Waals surface area contributed by atoms with Gasteiger partial charge >= 0.3 is 0 Å². The summed E-state index contributed by atoms with van der Waals surface area (Å²) in [5.74, 6) is 0.0940. The summed E-state index contributed by atoms with van der Waals surface area (Å²) < 4.78 is 5.07. The molecule has 2 N–H and O–H groups in total. The van der Waals surface area contributed by atoms with Crippen molar-refractivity contribution in [2.45, 2.75) is 6.42 Å². The first kappa shape index (κ1) is 14.3. The highest BCUT2D eigenvalue weighted by Crippen LogP contribution is 2.26. The minimum atomic E-state index is -0.365. The van der Waals surface area contributed by atoms with Gasteiger partial charge in [-0.2, -0.15) is 0 Å². The zero-order chi connectivity index (χ0) is 14.5. The van der Waals surface area contributed by atoms with Crippen LogP contribution in [-0.4, -0.2) is 43.7 Å². The fourth-order valence-electron chi connectivity index (χ4n) is 2.22. The van der Waals surface area contributed by atoms with E-state index >= 15 is 0 Å². The number of benzene rings is 1. The number of nitrogens with one attached hydrogen (secondary N) is 1. The zero-order valence-corrected chi connectivity index (χ0v) is 11.3. The average molecular weight is 278 g/mol. The lowest BCUT2D eigenvalue weighted by Gasteiger charge is -2.17. The number of carbonyl (C=O) groups excluding carboxylic acids is 2. The molecule has 6 heteroatoms. The van der Waals surface area contributed by atoms with Gasteiger partial charge in [-0.05, 0) is 24.3 Å². The largest absolute Gasteiger partial charge is 0.497 e. The Morgan fingerprint density at radius 2 is 2.15 bits per heavy atom. The normalized spacial score (nSPS) is 18.2. The Morgan fingerprint density at radius 3 is 2.75 bits per heavy atom. The van der Waals surface area contributed by atoms with Crippen molar-refractivity contribution < 1.29 is 19.4 Å². The second-order valence-electron chi connectivity index (χ2n) is 4.62. The van der Waals surface area contributed by atoms with Gasteiger partial charge in [-0.15, -0.1) is 0 Å². The second-order valence-corrected chi connectivity index (χ2v) is 4.62. The average Bonchev–Trinajstić information content (AvgIpc) is 2.87. The van der Waals surface area contributed by atoms with Gasteiger partial charge in [0.15, 0.2) is 0 Å². The summed E-state index contributed by atoms with van der Waals surface area (Å²) in [6.07, 6.45) is 0.198. The fraction of sp³-hybridized carbons (Fsp3) is 0.429. The van der Waals surface area contributed by atoms with E-state index in [1.807, 2.05) is 0 Å². The summed E-state index contributed by atoms with van der Waals surface area (Å²) >= 11 is 0. The van der Waals surface area contributed by atoms with Crippen LogP contribution in [-0.2, 0) is 9.59 Å². The maximum absolute atomic E-state index is 12.0. The number of ether oxygens (including phenoxy) is 1. The summed E-state index contributed by atoms with van der Waals surface area (Å²) in [6, 6.07) is 7.15. The molecule has 0 saturated carbocycles. The molecule has 1 aliphatic heterocycles. The lowest BCUT2D eigenvalue weighted by molar-refractivity contribution is -0.126. The minimum Gasteiger partial charge on any atom is -0.497 e. The quantitative estimate of drug-likeness (QED) is 0.804. The van der Waals surface area contributed by atoms with E-state index in [-0.39, 0.29) is 37.3 Å². The molecule has 1 saturated heterocycles. The number of nitrogens with zero attached hydrogens (tertiary/aromatic N) is 1. The summed E-state index contributed by atoms with van der Waals surface area (Å²) in [7, 11) is 1.58. The molecular weight excluding hydrogens is 260 g/mol. The first-order chi connectivity index (χ1) is 9.65. The highest BCUT2D eigenvalue weighted by atomic mass is 16.5. The Morgan fingerprint density at radius 1 is 1.45 bits per heavy atom. The van der Waals surface area contributed by atoms with Crippen LogP contribution in [0, 0.1) is 5.92 Å². The summed E-state index contributed by atoms with van der Waals surface area (Å²) in [4.78, 5) is 25.4. The summed E-state index contributed by atoms with van der Waals surface area (Å²) in [5, 5.41) is 11.3. The molecule has 108 valence electrons. The molecule has 1 aliphatic rings. The van der Waals surface area contributed by atoms with Crippen molar-refractivity contribution in [3.63, 3.8) is 0 Å². The molecular formula is C14H18N2O4. The van der Waals surface area contributed by atoms with Crippen molar-refractivity contribution >= 4 is 17.5 Å². The zero-order valence-electron chi connectivity index (χ0n) is 11.3. The molecule has 1 aromatic carbocycles. The van der Waals surface area contributed by atoms with Gasteiger partial charge in [0.25, 0.3) is 0 Å². The molecule has 0 aliphatic carbocycles. The maximum Gasteiger partial charge on any atom is 0.227 e. The Balaban J connectivity index is 2.03. The highest BCUT2D eigenvalue weighted by Gasteiger charge is 2.34. The molecule has 0 spiro atoms. The van der Waals surface area contributed by atoms with Gasteiger partial charge in [-0.25, -0.2) is 0 Å². The SMILES string of the molecule is COc1ccc(N2CC(C(=O)NCCO)CC2=O)cc1. The molecule has 2 rings (SSSR count). The Labute approximate surface area is 117 Å². The first-order valence-electron chi connectivity index (χ1n) is 6.48. The predicted octanol–water partition coefficient (Wildman–Crippen LogP) is 0.157. The van der Waals surface area contributed by atoms with E-state index in [2.05, 4.69) is 5.32 Å². The first-order valence-corrected chi connectivity index (χ1v) is 6.48. The number of amides is 2. The highest BCUT2D eigenvalue weighted by molar-refractivity contribution is 6.00. The summed E-state index contributed by atoms with van der Waals surface area (Å²) in [6.45, 7) is 0.475. The number of aliphatic hydroxyl groups excluding tert-OH is 1. The number of rotatable bonds is 5. The van der Waals surface area contributed by atoms with E-state index in [1.165, 1.54) is 0 Å². The minimum absolute atomic E-state index is 0.0701. The van der Waals surface area contributed by atoms with E-state index in [9.17, 15) is 9.59 Å². The fourth-order valence-corrected chi connectivity index (χ4v) is 2.22. The lowest BCUT2D eigenvalue weighted by Crippen LogP contribution is -2.34. The topological polar surface area (TPSA) is 78.9 Å². The van der Waals surface area contributed by atoms with Crippen LogP contribution in [0.15, 0.2) is 24.3 Å². The van der Waals surface area contributed by atoms with Gasteiger partial charge < -0.3 is 20.1 Å². The van der Waals surface area contributed by atoms with Crippen LogP contribution in [0.5, 0.6) is 5.75 Å². The molecule has 20 heavy (non-hydrogen) atoms. The molecule has 0 aromatic heterocycles. The van der Waals surface area contributed by atoms with E-state index in [0.29, 0.717) is 6.54 Å². The Kier molecular flexibility index (Phi) is 4.57. The summed E-state index contributed by atoms with van der Waals surface area (Å²) in [5.41, 5.74) is 0.758. The van der Waals surface area contributed by atoms with Gasteiger partial charge in [-0.1, -0.05) is 0 Å². The standard InChI is InChI=1S/C14H18N2O4/c1-20-12-4-2-11(3-5-12)16-9-10(8-13(16)18)14(19)15-6-7-17/h2-5,10,17H,6-9H2,1H3,(H,15,19). The molecule has 6 nitrogen and oxygen atoms in total. The molecule has 1 atom stereocenters. The number of methoxy groups -OCH3 is 1. The third-order valence-corrected chi connectivity index (χ3v) is 3.29. The van der Waals surface area contributed by atoms with E-state index < -0.39 is 0 Å². The number of aliphatic hydroxyl groups is 1. The van der Waals surface area contributed by atoms with E-state index in [4.69, 9.17) is 9.84 Å². The van der Waals surface area contributed by atoms with Crippen molar-refractivity contribution in [3.8, 4) is 5.75 Å². The Hall–Kier alpha value is -2.08. The van der Waals surface area contributed by atoms with Crippen LogP contribution in [0.1, 0.15) is 6.42 Å². The predicted molar refractivity (Wildman–Crippen MR) is 73.5 cm³/mol. The van der Waals surface area contributed by atoms with Gasteiger partial charge in [-0.3, -0.25) is 9.59 Å². The van der Waals surface area contributed by atoms with Crippen LogP contribution in [0.2, 0.25) is 0 Å². The van der Waals surface area contributed by atoms with Gasteiger partial charge in [0, 0.05) is 25.2 Å². The Bertz CT molecular complexity index is 486. The van der Waals surface area contributed by atoms with E-state index in [1.54, 1.807) is 36.3 Å². The smallest absolute Gasteiger partial charge is 0.227 e. The molecule has 0 bridgehead atoms. The van der Waals surface area contributed by atoms with Crippen molar-refractivity contribution in [2.75, 3.05) is 31.7 Å². The van der Waals surface area contributed by atoms with Crippen LogP contribution >= 0.6 is 0 Å². The number of hydrogen-bond donors (Lipinski definition) is 2. The molecule has 1 fully saturated rings. The second kappa shape index (κ2) is 6.38. The van der Waals surface area contributed by atoms with Gasteiger partial charge in [0.1, 0.15) is 5.75 Å².